The smallest absolute Gasteiger partial charge is 0.462 e. The standard InChI is InChI=1S/C70H136O17P2/c1-9-63(8)49-41-33-24-16-14-12-10-11-13-15-17-25-34-42-50-67(72)80-56-65(86-69(74)52-44-36-27-21-19-23-31-39-47-61(4)5)58-84-88(76,77)82-54-64(71)55-83-89(78,79)85-59-66(87-70(75)53-45-37-29-28-32-40-48-62(6)7)57-81-68(73)51-43-35-26-20-18-22-30-38-46-60(2)3/h60-66,71H,9-59H2,1-8H3,(H,76,77)(H,78,79)/t63?,64?,65-,66-/m1/s1. The van der Waals surface area contributed by atoms with E-state index in [4.69, 9.17) is 37.0 Å². The van der Waals surface area contributed by atoms with Crippen molar-refractivity contribution in [1.82, 2.24) is 0 Å². The molecule has 0 radical (unpaired) electrons. The van der Waals surface area contributed by atoms with Gasteiger partial charge in [-0.05, 0) is 49.4 Å². The fourth-order valence-corrected chi connectivity index (χ4v) is 12.0. The van der Waals surface area contributed by atoms with E-state index in [1.54, 1.807) is 0 Å². The Morgan fingerprint density at radius 1 is 0.315 bits per heavy atom. The predicted molar refractivity (Wildman–Crippen MR) is 358 cm³/mol. The third-order valence-corrected chi connectivity index (χ3v) is 18.3. The summed E-state index contributed by atoms with van der Waals surface area (Å²) in [6.07, 6.45) is 42.0. The van der Waals surface area contributed by atoms with Crippen molar-refractivity contribution in [2.75, 3.05) is 39.6 Å². The predicted octanol–water partition coefficient (Wildman–Crippen LogP) is 19.7. The van der Waals surface area contributed by atoms with E-state index >= 15 is 0 Å². The highest BCUT2D eigenvalue weighted by Gasteiger charge is 2.30. The van der Waals surface area contributed by atoms with E-state index in [2.05, 4.69) is 55.4 Å². The van der Waals surface area contributed by atoms with Gasteiger partial charge in [-0.2, -0.15) is 0 Å². The Morgan fingerprint density at radius 3 is 0.798 bits per heavy atom. The van der Waals surface area contributed by atoms with E-state index in [0.29, 0.717) is 31.6 Å². The number of phosphoric acid groups is 2. The van der Waals surface area contributed by atoms with Gasteiger partial charge in [-0.3, -0.25) is 37.3 Å². The number of carbonyl (C=O) groups excluding carboxylic acids is 4. The minimum absolute atomic E-state index is 0.101. The Morgan fingerprint density at radius 2 is 0.539 bits per heavy atom. The highest BCUT2D eigenvalue weighted by molar-refractivity contribution is 7.47. The van der Waals surface area contributed by atoms with Crippen LogP contribution in [0.25, 0.3) is 0 Å². The van der Waals surface area contributed by atoms with Crippen molar-refractivity contribution in [2.45, 2.75) is 363 Å². The van der Waals surface area contributed by atoms with Gasteiger partial charge >= 0.3 is 39.5 Å². The average molecular weight is 1310 g/mol. The van der Waals surface area contributed by atoms with Gasteiger partial charge in [0.2, 0.25) is 0 Å². The number of aliphatic hydroxyl groups excluding tert-OH is 1. The number of esters is 4. The molecule has 0 fully saturated rings. The highest BCUT2D eigenvalue weighted by Crippen LogP contribution is 2.45. The number of aliphatic hydroxyl groups is 1. The van der Waals surface area contributed by atoms with Crippen LogP contribution in [-0.4, -0.2) is 96.7 Å². The zero-order valence-electron chi connectivity index (χ0n) is 58.1. The molecule has 0 spiro atoms. The van der Waals surface area contributed by atoms with E-state index in [1.165, 1.54) is 148 Å². The van der Waals surface area contributed by atoms with Crippen LogP contribution in [0.1, 0.15) is 344 Å². The second-order valence-electron chi connectivity index (χ2n) is 26.9. The quantitative estimate of drug-likeness (QED) is 0.0222. The Kier molecular flexibility index (Phi) is 58.5. The molecule has 0 aromatic carbocycles. The first-order valence-corrected chi connectivity index (χ1v) is 39.2. The molecule has 6 atom stereocenters. The molecule has 0 aromatic rings. The highest BCUT2D eigenvalue weighted by atomic mass is 31.2. The van der Waals surface area contributed by atoms with Gasteiger partial charge in [0.15, 0.2) is 12.2 Å². The molecule has 0 aromatic heterocycles. The van der Waals surface area contributed by atoms with Crippen molar-refractivity contribution in [1.29, 1.82) is 0 Å². The van der Waals surface area contributed by atoms with Crippen molar-refractivity contribution in [3.05, 3.63) is 0 Å². The Balaban J connectivity index is 5.19. The zero-order valence-corrected chi connectivity index (χ0v) is 59.8. The molecule has 0 saturated heterocycles. The maximum atomic E-state index is 13.0. The normalized spacial score (nSPS) is 14.6. The third kappa shape index (κ3) is 63.2. The number of unbranched alkanes of at least 4 members (excludes halogenated alkanes) is 32. The summed E-state index contributed by atoms with van der Waals surface area (Å²) in [4.78, 5) is 72.4. The van der Waals surface area contributed by atoms with Crippen LogP contribution in [0.15, 0.2) is 0 Å². The maximum absolute atomic E-state index is 13.0. The Bertz CT molecular complexity index is 1770. The van der Waals surface area contributed by atoms with Crippen molar-refractivity contribution in [2.24, 2.45) is 23.7 Å². The molecule has 0 aliphatic heterocycles. The molecule has 0 heterocycles. The molecule has 0 bridgehead atoms. The lowest BCUT2D eigenvalue weighted by Gasteiger charge is -2.21. The summed E-state index contributed by atoms with van der Waals surface area (Å²) in [5.41, 5.74) is 0. The Hall–Kier alpha value is -1.94. The fourth-order valence-electron chi connectivity index (χ4n) is 10.5. The van der Waals surface area contributed by atoms with E-state index in [0.717, 1.165) is 108 Å². The van der Waals surface area contributed by atoms with E-state index in [1.807, 2.05) is 0 Å². The van der Waals surface area contributed by atoms with E-state index in [9.17, 15) is 43.2 Å². The molecule has 0 amide bonds. The van der Waals surface area contributed by atoms with Crippen LogP contribution >= 0.6 is 15.6 Å². The first kappa shape index (κ1) is 87.1. The minimum atomic E-state index is -4.95. The molecule has 17 nitrogen and oxygen atoms in total. The van der Waals surface area contributed by atoms with Gasteiger partial charge < -0.3 is 33.8 Å². The van der Waals surface area contributed by atoms with Gasteiger partial charge in [0.1, 0.15) is 19.3 Å². The zero-order chi connectivity index (χ0) is 66.1. The summed E-state index contributed by atoms with van der Waals surface area (Å²) < 4.78 is 68.2. The van der Waals surface area contributed by atoms with Crippen LogP contribution in [0.2, 0.25) is 0 Å². The molecular formula is C70H136O17P2. The first-order valence-electron chi connectivity index (χ1n) is 36.2. The molecule has 3 N–H and O–H groups in total. The van der Waals surface area contributed by atoms with Gasteiger partial charge in [0, 0.05) is 25.7 Å². The molecule has 528 valence electrons. The van der Waals surface area contributed by atoms with Crippen LogP contribution in [0.3, 0.4) is 0 Å². The van der Waals surface area contributed by atoms with Crippen LogP contribution in [0.5, 0.6) is 0 Å². The lowest BCUT2D eigenvalue weighted by atomic mass is 9.99. The van der Waals surface area contributed by atoms with Gasteiger partial charge in [0.05, 0.1) is 26.4 Å². The number of phosphoric ester groups is 2. The number of carbonyl (C=O) groups is 4. The maximum Gasteiger partial charge on any atom is 0.472 e. The number of rotatable bonds is 67. The first-order chi connectivity index (χ1) is 42.6. The number of hydrogen-bond acceptors (Lipinski definition) is 15. The van der Waals surface area contributed by atoms with Crippen molar-refractivity contribution < 1.29 is 80.2 Å². The molecule has 0 saturated carbocycles. The van der Waals surface area contributed by atoms with Gasteiger partial charge in [-0.15, -0.1) is 0 Å². The lowest BCUT2D eigenvalue weighted by molar-refractivity contribution is -0.161. The van der Waals surface area contributed by atoms with Gasteiger partial charge in [-0.25, -0.2) is 9.13 Å². The van der Waals surface area contributed by atoms with Crippen LogP contribution in [0, 0.1) is 23.7 Å². The summed E-state index contributed by atoms with van der Waals surface area (Å²) in [6, 6.07) is 0. The molecule has 4 unspecified atom stereocenters. The van der Waals surface area contributed by atoms with Crippen LogP contribution < -0.4 is 0 Å². The monoisotopic (exact) mass is 1310 g/mol. The van der Waals surface area contributed by atoms with Gasteiger partial charge in [-0.1, -0.05) is 293 Å². The van der Waals surface area contributed by atoms with Crippen LogP contribution in [0.4, 0.5) is 0 Å². The summed E-state index contributed by atoms with van der Waals surface area (Å²) in [5, 5.41) is 10.6. The lowest BCUT2D eigenvalue weighted by Crippen LogP contribution is -2.30. The van der Waals surface area contributed by atoms with E-state index in [-0.39, 0.29) is 25.7 Å². The third-order valence-electron chi connectivity index (χ3n) is 16.4. The second kappa shape index (κ2) is 59.8. The molecule has 0 aliphatic carbocycles. The van der Waals surface area contributed by atoms with Crippen molar-refractivity contribution in [3.8, 4) is 0 Å². The second-order valence-corrected chi connectivity index (χ2v) is 29.8. The average Bonchev–Trinajstić information content (AvgIpc) is 3.67. The molecular weight excluding hydrogens is 1170 g/mol. The van der Waals surface area contributed by atoms with Gasteiger partial charge in [0.25, 0.3) is 0 Å². The number of ether oxygens (including phenoxy) is 4. The summed E-state index contributed by atoms with van der Waals surface area (Å²) in [7, 11) is -9.90. The molecule has 0 aliphatic rings. The van der Waals surface area contributed by atoms with Crippen molar-refractivity contribution >= 4 is 39.5 Å². The number of hydrogen-bond donors (Lipinski definition) is 3. The topological polar surface area (TPSA) is 237 Å². The summed E-state index contributed by atoms with van der Waals surface area (Å²) in [5.74, 6) is 0.828. The molecule has 19 heteroatoms. The molecule has 0 rings (SSSR count). The Labute approximate surface area is 543 Å². The summed E-state index contributed by atoms with van der Waals surface area (Å²) >= 11 is 0. The SMILES string of the molecule is CCC(C)CCCCCCCCCCCCCCCCC(=O)OC[C@H](COP(=O)(O)OCC(O)COP(=O)(O)OC[C@@H](COC(=O)CCCCCCCCCCC(C)C)OC(=O)CCCCCCCCC(C)C)OC(=O)CCCCCCCCCCC(C)C. The molecule has 89 heavy (non-hydrogen) atoms. The summed E-state index contributed by atoms with van der Waals surface area (Å²) in [6.45, 7) is 14.0. The minimum Gasteiger partial charge on any atom is -0.462 e. The largest absolute Gasteiger partial charge is 0.472 e. The fraction of sp³-hybridized carbons (Fsp3) is 0.943. The van der Waals surface area contributed by atoms with Crippen LogP contribution in [-0.2, 0) is 65.4 Å². The van der Waals surface area contributed by atoms with E-state index < -0.39 is 97.5 Å². The van der Waals surface area contributed by atoms with Crippen molar-refractivity contribution in [3.63, 3.8) is 0 Å².